The molecule has 2 N–H and O–H groups in total. The van der Waals surface area contributed by atoms with Gasteiger partial charge in [0.25, 0.3) is 0 Å². The van der Waals surface area contributed by atoms with E-state index in [1.807, 2.05) is 32.0 Å². The summed E-state index contributed by atoms with van der Waals surface area (Å²) >= 11 is 0. The van der Waals surface area contributed by atoms with E-state index in [2.05, 4.69) is 10.0 Å². The monoisotopic (exact) mass is 406 g/mol. The standard InChI is InChI=1S/C20H26N2O5S/c1-6-17(15-7-9-19(26-4)13(2)11-15)22-28(24,25)16-8-10-20(27-5)18(12-16)21-14(3)23/h7-12,17,22H,6H2,1-5H3,(H,21,23)/t17-/m1/s1. The molecule has 2 rings (SSSR count). The minimum Gasteiger partial charge on any atom is -0.496 e. The Bertz CT molecular complexity index is 957. The fraction of sp³-hybridized carbons (Fsp3) is 0.350. The highest BCUT2D eigenvalue weighted by molar-refractivity contribution is 7.89. The van der Waals surface area contributed by atoms with Gasteiger partial charge in [-0.1, -0.05) is 19.1 Å². The highest BCUT2D eigenvalue weighted by atomic mass is 32.2. The van der Waals surface area contributed by atoms with E-state index in [1.165, 1.54) is 32.2 Å². The SMILES string of the molecule is CC[C@@H](NS(=O)(=O)c1ccc(OC)c(NC(C)=O)c1)c1ccc(OC)c(C)c1. The quantitative estimate of drug-likeness (QED) is 0.701. The molecule has 0 aliphatic heterocycles. The van der Waals surface area contributed by atoms with Gasteiger partial charge in [-0.25, -0.2) is 13.1 Å². The fourth-order valence-electron chi connectivity index (χ4n) is 2.90. The molecule has 0 saturated carbocycles. The van der Waals surface area contributed by atoms with Crippen molar-refractivity contribution in [3.05, 3.63) is 47.5 Å². The Labute approximate surface area is 166 Å². The van der Waals surface area contributed by atoms with E-state index in [1.54, 1.807) is 7.11 Å². The van der Waals surface area contributed by atoms with Crippen molar-refractivity contribution in [1.29, 1.82) is 0 Å². The lowest BCUT2D eigenvalue weighted by atomic mass is 10.0. The van der Waals surface area contributed by atoms with E-state index in [4.69, 9.17) is 9.47 Å². The normalized spacial score (nSPS) is 12.3. The molecule has 7 nitrogen and oxygen atoms in total. The molecule has 1 atom stereocenters. The number of methoxy groups -OCH3 is 2. The zero-order valence-corrected chi connectivity index (χ0v) is 17.5. The number of amides is 1. The average molecular weight is 407 g/mol. The zero-order valence-electron chi connectivity index (χ0n) is 16.7. The number of benzene rings is 2. The first-order valence-corrected chi connectivity index (χ1v) is 10.3. The van der Waals surface area contributed by atoms with Crippen LogP contribution in [0, 0.1) is 6.92 Å². The maximum atomic E-state index is 12.9. The molecular formula is C20H26N2O5S. The molecule has 8 heteroatoms. The number of aryl methyl sites for hydroxylation is 1. The highest BCUT2D eigenvalue weighted by Gasteiger charge is 2.22. The Balaban J connectivity index is 2.35. The number of rotatable bonds is 8. The third-order valence-electron chi connectivity index (χ3n) is 4.32. The number of sulfonamides is 1. The highest BCUT2D eigenvalue weighted by Crippen LogP contribution is 2.29. The largest absolute Gasteiger partial charge is 0.496 e. The summed E-state index contributed by atoms with van der Waals surface area (Å²) in [5, 5.41) is 2.59. The molecular weight excluding hydrogens is 380 g/mol. The molecule has 2 aromatic carbocycles. The van der Waals surface area contributed by atoms with Crippen LogP contribution in [0.2, 0.25) is 0 Å². The molecule has 28 heavy (non-hydrogen) atoms. The van der Waals surface area contributed by atoms with Crippen molar-refractivity contribution in [3.63, 3.8) is 0 Å². The second-order valence-electron chi connectivity index (χ2n) is 6.35. The van der Waals surface area contributed by atoms with Crippen molar-refractivity contribution in [2.45, 2.75) is 38.1 Å². The number of nitrogens with one attached hydrogen (secondary N) is 2. The van der Waals surface area contributed by atoms with E-state index in [-0.39, 0.29) is 10.8 Å². The predicted octanol–water partition coefficient (Wildman–Crippen LogP) is 3.40. The molecule has 152 valence electrons. The van der Waals surface area contributed by atoms with Gasteiger partial charge in [-0.05, 0) is 48.7 Å². The van der Waals surface area contributed by atoms with Crippen LogP contribution in [0.5, 0.6) is 11.5 Å². The van der Waals surface area contributed by atoms with Crippen LogP contribution < -0.4 is 19.5 Å². The molecule has 0 aliphatic carbocycles. The van der Waals surface area contributed by atoms with Gasteiger partial charge in [-0.15, -0.1) is 0 Å². The molecule has 0 bridgehead atoms. The summed E-state index contributed by atoms with van der Waals surface area (Å²) < 4.78 is 39.0. The van der Waals surface area contributed by atoms with E-state index in [9.17, 15) is 13.2 Å². The van der Waals surface area contributed by atoms with Gasteiger partial charge in [-0.3, -0.25) is 4.79 Å². The van der Waals surface area contributed by atoms with Gasteiger partial charge in [0.1, 0.15) is 11.5 Å². The molecule has 0 saturated heterocycles. The van der Waals surface area contributed by atoms with Crippen LogP contribution in [0.15, 0.2) is 41.3 Å². The average Bonchev–Trinajstić information content (AvgIpc) is 2.65. The second-order valence-corrected chi connectivity index (χ2v) is 8.07. The first kappa shape index (κ1) is 21.7. The molecule has 0 heterocycles. The molecule has 0 aromatic heterocycles. The smallest absolute Gasteiger partial charge is 0.241 e. The molecule has 0 unspecified atom stereocenters. The van der Waals surface area contributed by atoms with Gasteiger partial charge < -0.3 is 14.8 Å². The van der Waals surface area contributed by atoms with Gasteiger partial charge in [-0.2, -0.15) is 0 Å². The molecule has 1 amide bonds. The van der Waals surface area contributed by atoms with Crippen molar-refractivity contribution in [2.24, 2.45) is 0 Å². The summed E-state index contributed by atoms with van der Waals surface area (Å²) in [4.78, 5) is 11.4. The number of anilines is 1. The Morgan fingerprint density at radius 3 is 2.25 bits per heavy atom. The Morgan fingerprint density at radius 2 is 1.71 bits per heavy atom. The number of ether oxygens (including phenoxy) is 2. The van der Waals surface area contributed by atoms with E-state index in [0.29, 0.717) is 17.9 Å². The van der Waals surface area contributed by atoms with E-state index >= 15 is 0 Å². The first-order valence-electron chi connectivity index (χ1n) is 8.84. The zero-order chi connectivity index (χ0) is 20.9. The van der Waals surface area contributed by atoms with Crippen LogP contribution in [0.3, 0.4) is 0 Å². The number of hydrogen-bond acceptors (Lipinski definition) is 5. The van der Waals surface area contributed by atoms with E-state index in [0.717, 1.165) is 16.9 Å². The van der Waals surface area contributed by atoms with Crippen molar-refractivity contribution in [3.8, 4) is 11.5 Å². The molecule has 0 aliphatic rings. The summed E-state index contributed by atoms with van der Waals surface area (Å²) in [7, 11) is -0.773. The van der Waals surface area contributed by atoms with Crippen LogP contribution in [-0.4, -0.2) is 28.5 Å². The van der Waals surface area contributed by atoms with Gasteiger partial charge >= 0.3 is 0 Å². The topological polar surface area (TPSA) is 93.7 Å². The minimum atomic E-state index is -3.82. The third kappa shape index (κ3) is 5.02. The Morgan fingerprint density at radius 1 is 1.07 bits per heavy atom. The van der Waals surface area contributed by atoms with Crippen LogP contribution in [-0.2, 0) is 14.8 Å². The van der Waals surface area contributed by atoms with Crippen molar-refractivity contribution in [2.75, 3.05) is 19.5 Å². The number of carbonyl (C=O) groups is 1. The maximum absolute atomic E-state index is 12.9. The van der Waals surface area contributed by atoms with E-state index < -0.39 is 16.1 Å². The summed E-state index contributed by atoms with van der Waals surface area (Å²) in [5.74, 6) is 0.810. The summed E-state index contributed by atoms with van der Waals surface area (Å²) in [6, 6.07) is 9.52. The predicted molar refractivity (Wildman–Crippen MR) is 108 cm³/mol. The van der Waals surface area contributed by atoms with Crippen LogP contribution in [0.25, 0.3) is 0 Å². The lowest BCUT2D eigenvalue weighted by Gasteiger charge is -2.19. The summed E-state index contributed by atoms with van der Waals surface area (Å²) in [6.45, 7) is 5.16. The Kier molecular flexibility index (Phi) is 7.04. The summed E-state index contributed by atoms with van der Waals surface area (Å²) in [6.07, 6.45) is 0.569. The van der Waals surface area contributed by atoms with Gasteiger partial charge in [0.2, 0.25) is 15.9 Å². The molecule has 0 fully saturated rings. The first-order chi connectivity index (χ1) is 13.2. The van der Waals surface area contributed by atoms with Crippen molar-refractivity contribution in [1.82, 2.24) is 4.72 Å². The van der Waals surface area contributed by atoms with Crippen LogP contribution in [0.1, 0.15) is 37.4 Å². The Hall–Kier alpha value is -2.58. The van der Waals surface area contributed by atoms with Gasteiger partial charge in [0.05, 0.1) is 24.8 Å². The summed E-state index contributed by atoms with van der Waals surface area (Å²) in [5.41, 5.74) is 2.07. The van der Waals surface area contributed by atoms with Crippen LogP contribution in [0.4, 0.5) is 5.69 Å². The molecule has 0 spiro atoms. The van der Waals surface area contributed by atoms with Crippen LogP contribution >= 0.6 is 0 Å². The lowest BCUT2D eigenvalue weighted by molar-refractivity contribution is -0.114. The fourth-order valence-corrected chi connectivity index (χ4v) is 4.24. The molecule has 0 radical (unpaired) electrons. The minimum absolute atomic E-state index is 0.0423. The van der Waals surface area contributed by atoms with Gasteiger partial charge in [0, 0.05) is 13.0 Å². The second kappa shape index (κ2) is 9.07. The molecule has 2 aromatic rings. The van der Waals surface area contributed by atoms with Crippen molar-refractivity contribution >= 4 is 21.6 Å². The van der Waals surface area contributed by atoms with Crippen molar-refractivity contribution < 1.29 is 22.7 Å². The lowest BCUT2D eigenvalue weighted by Crippen LogP contribution is -2.28. The van der Waals surface area contributed by atoms with Gasteiger partial charge in [0.15, 0.2) is 0 Å². The number of carbonyl (C=O) groups excluding carboxylic acids is 1. The number of hydrogen-bond donors (Lipinski definition) is 2. The third-order valence-corrected chi connectivity index (χ3v) is 5.79. The maximum Gasteiger partial charge on any atom is 0.241 e.